The van der Waals surface area contributed by atoms with Gasteiger partial charge in [-0.1, -0.05) is 19.1 Å². The third-order valence-electron chi connectivity index (χ3n) is 3.39. The lowest BCUT2D eigenvalue weighted by atomic mass is 9.93. The van der Waals surface area contributed by atoms with Crippen LogP contribution in [0.5, 0.6) is 11.5 Å². The van der Waals surface area contributed by atoms with Crippen LogP contribution in [0.25, 0.3) is 0 Å². The minimum absolute atomic E-state index is 0.165. The smallest absolute Gasteiger partial charge is 0.128 e. The molecule has 0 bridgehead atoms. The van der Waals surface area contributed by atoms with Crippen LogP contribution in [-0.4, -0.2) is 24.3 Å². The third kappa shape index (κ3) is 2.75. The maximum absolute atomic E-state index is 10.7. The average molecular weight is 273 g/mol. The van der Waals surface area contributed by atoms with E-state index in [1.165, 1.54) is 0 Å². The Balaban J connectivity index is 2.40. The van der Waals surface area contributed by atoms with Crippen LogP contribution in [0.2, 0.25) is 0 Å². The van der Waals surface area contributed by atoms with Gasteiger partial charge in [-0.2, -0.15) is 0 Å². The molecule has 2 rings (SSSR count). The molecule has 0 saturated heterocycles. The molecule has 4 heteroatoms. The number of ether oxygens (including phenoxy) is 2. The van der Waals surface area contributed by atoms with Gasteiger partial charge in [0, 0.05) is 17.8 Å². The first-order valence-electron chi connectivity index (χ1n) is 6.49. The van der Waals surface area contributed by atoms with Crippen molar-refractivity contribution in [1.29, 1.82) is 0 Å². The molecule has 0 amide bonds. The Kier molecular flexibility index (Phi) is 4.58. The number of hydrogen-bond acceptors (Lipinski definition) is 4. The van der Waals surface area contributed by atoms with Crippen molar-refractivity contribution >= 4 is 0 Å². The lowest BCUT2D eigenvalue weighted by Gasteiger charge is -2.22. The Morgan fingerprint density at radius 2 is 1.65 bits per heavy atom. The summed E-state index contributed by atoms with van der Waals surface area (Å²) in [4.78, 5) is 4.29. The standard InChI is InChI=1S/C16H19NO3/c1-11(12-7-4-5-10-17-12)16(18)15-13(19-2)8-6-9-14(15)20-3/h4-11,16,18H,1-3H3. The molecular formula is C16H19NO3. The first kappa shape index (κ1) is 14.3. The summed E-state index contributed by atoms with van der Waals surface area (Å²) in [6.07, 6.45) is 0.967. The number of nitrogens with zero attached hydrogens (tertiary/aromatic N) is 1. The predicted molar refractivity (Wildman–Crippen MR) is 77.2 cm³/mol. The molecule has 0 spiro atoms. The molecule has 20 heavy (non-hydrogen) atoms. The van der Waals surface area contributed by atoms with Crippen LogP contribution in [0.15, 0.2) is 42.6 Å². The van der Waals surface area contributed by atoms with Gasteiger partial charge < -0.3 is 14.6 Å². The van der Waals surface area contributed by atoms with E-state index in [4.69, 9.17) is 9.47 Å². The maximum atomic E-state index is 10.7. The highest BCUT2D eigenvalue weighted by Gasteiger charge is 2.25. The summed E-state index contributed by atoms with van der Waals surface area (Å²) in [6.45, 7) is 1.93. The summed E-state index contributed by atoms with van der Waals surface area (Å²) in [5.74, 6) is 1.06. The molecule has 0 aliphatic heterocycles. The fourth-order valence-electron chi connectivity index (χ4n) is 2.23. The average Bonchev–Trinajstić information content (AvgIpc) is 2.53. The van der Waals surface area contributed by atoms with Gasteiger partial charge in [0.15, 0.2) is 0 Å². The summed E-state index contributed by atoms with van der Waals surface area (Å²) in [5, 5.41) is 10.7. The van der Waals surface area contributed by atoms with Crippen molar-refractivity contribution in [2.75, 3.05) is 14.2 Å². The van der Waals surface area contributed by atoms with E-state index in [2.05, 4.69) is 4.98 Å². The van der Waals surface area contributed by atoms with Crippen molar-refractivity contribution in [2.45, 2.75) is 18.9 Å². The van der Waals surface area contributed by atoms with Crippen LogP contribution in [0, 0.1) is 0 Å². The fourth-order valence-corrected chi connectivity index (χ4v) is 2.23. The second-order valence-corrected chi connectivity index (χ2v) is 4.56. The van der Waals surface area contributed by atoms with E-state index < -0.39 is 6.10 Å². The van der Waals surface area contributed by atoms with Gasteiger partial charge in [-0.15, -0.1) is 0 Å². The van der Waals surface area contributed by atoms with Crippen LogP contribution < -0.4 is 9.47 Å². The number of methoxy groups -OCH3 is 2. The molecule has 0 aliphatic carbocycles. The number of aliphatic hydroxyl groups is 1. The maximum Gasteiger partial charge on any atom is 0.128 e. The molecule has 2 aromatic rings. The van der Waals surface area contributed by atoms with E-state index in [1.54, 1.807) is 20.4 Å². The fraction of sp³-hybridized carbons (Fsp3) is 0.312. The van der Waals surface area contributed by atoms with Crippen LogP contribution in [0.4, 0.5) is 0 Å². The molecule has 106 valence electrons. The van der Waals surface area contributed by atoms with E-state index in [1.807, 2.05) is 43.3 Å². The molecule has 1 aromatic carbocycles. The number of aromatic nitrogens is 1. The molecule has 0 saturated carbocycles. The zero-order chi connectivity index (χ0) is 14.5. The molecule has 0 aliphatic rings. The molecular weight excluding hydrogens is 254 g/mol. The van der Waals surface area contributed by atoms with Crippen LogP contribution in [0.3, 0.4) is 0 Å². The van der Waals surface area contributed by atoms with E-state index in [9.17, 15) is 5.11 Å². The van der Waals surface area contributed by atoms with Gasteiger partial charge in [-0.25, -0.2) is 0 Å². The van der Waals surface area contributed by atoms with Gasteiger partial charge in [0.1, 0.15) is 11.5 Å². The number of pyridine rings is 1. The Morgan fingerprint density at radius 1 is 1.00 bits per heavy atom. The third-order valence-corrected chi connectivity index (χ3v) is 3.39. The first-order valence-corrected chi connectivity index (χ1v) is 6.49. The minimum Gasteiger partial charge on any atom is -0.496 e. The van der Waals surface area contributed by atoms with Gasteiger partial charge in [0.25, 0.3) is 0 Å². The summed E-state index contributed by atoms with van der Waals surface area (Å²) in [7, 11) is 3.16. The van der Waals surface area contributed by atoms with Crippen molar-refractivity contribution in [2.24, 2.45) is 0 Å². The van der Waals surface area contributed by atoms with Crippen molar-refractivity contribution < 1.29 is 14.6 Å². The van der Waals surface area contributed by atoms with Crippen LogP contribution in [0.1, 0.15) is 30.2 Å². The zero-order valence-electron chi connectivity index (χ0n) is 11.9. The Morgan fingerprint density at radius 3 is 2.15 bits per heavy atom. The lowest BCUT2D eigenvalue weighted by molar-refractivity contribution is 0.142. The Hall–Kier alpha value is -2.07. The molecule has 2 unspecified atom stereocenters. The number of benzene rings is 1. The van der Waals surface area contributed by atoms with Crippen molar-refractivity contribution in [1.82, 2.24) is 4.98 Å². The monoisotopic (exact) mass is 273 g/mol. The SMILES string of the molecule is COc1cccc(OC)c1C(O)C(C)c1ccccn1. The molecule has 1 N–H and O–H groups in total. The van der Waals surface area contributed by atoms with Crippen LogP contribution in [-0.2, 0) is 0 Å². The minimum atomic E-state index is -0.754. The van der Waals surface area contributed by atoms with Crippen LogP contribution >= 0.6 is 0 Å². The molecule has 1 aromatic heterocycles. The summed E-state index contributed by atoms with van der Waals surface area (Å²) >= 11 is 0. The van der Waals surface area contributed by atoms with Crippen molar-refractivity contribution in [3.8, 4) is 11.5 Å². The second-order valence-electron chi connectivity index (χ2n) is 4.56. The molecule has 1 heterocycles. The van der Waals surface area contributed by atoms with Crippen molar-refractivity contribution in [3.63, 3.8) is 0 Å². The quantitative estimate of drug-likeness (QED) is 0.910. The van der Waals surface area contributed by atoms with E-state index in [0.29, 0.717) is 17.1 Å². The summed E-state index contributed by atoms with van der Waals surface area (Å²) in [5.41, 5.74) is 1.48. The topological polar surface area (TPSA) is 51.6 Å². The highest BCUT2D eigenvalue weighted by Crippen LogP contribution is 2.40. The zero-order valence-corrected chi connectivity index (χ0v) is 11.9. The first-order chi connectivity index (χ1) is 9.69. The highest BCUT2D eigenvalue weighted by atomic mass is 16.5. The molecule has 0 fully saturated rings. The molecule has 0 radical (unpaired) electrons. The predicted octanol–water partition coefficient (Wildman–Crippen LogP) is 2.94. The normalized spacial score (nSPS) is 13.6. The summed E-state index contributed by atoms with van der Waals surface area (Å²) in [6, 6.07) is 11.1. The van der Waals surface area contributed by atoms with Gasteiger partial charge in [-0.3, -0.25) is 4.98 Å². The van der Waals surface area contributed by atoms with Crippen molar-refractivity contribution in [3.05, 3.63) is 53.9 Å². The second kappa shape index (κ2) is 6.39. The molecule has 2 atom stereocenters. The Labute approximate surface area is 119 Å². The van der Waals surface area contributed by atoms with E-state index in [-0.39, 0.29) is 5.92 Å². The Bertz CT molecular complexity index is 535. The van der Waals surface area contributed by atoms with E-state index >= 15 is 0 Å². The number of aliphatic hydroxyl groups excluding tert-OH is 1. The van der Waals surface area contributed by atoms with E-state index in [0.717, 1.165) is 5.69 Å². The van der Waals surface area contributed by atoms with Gasteiger partial charge in [0.2, 0.25) is 0 Å². The number of rotatable bonds is 5. The van der Waals surface area contributed by atoms with Gasteiger partial charge in [-0.05, 0) is 24.3 Å². The van der Waals surface area contributed by atoms with Gasteiger partial charge in [0.05, 0.1) is 25.9 Å². The lowest BCUT2D eigenvalue weighted by Crippen LogP contribution is -2.11. The van der Waals surface area contributed by atoms with Gasteiger partial charge >= 0.3 is 0 Å². The number of hydrogen-bond donors (Lipinski definition) is 1. The summed E-state index contributed by atoms with van der Waals surface area (Å²) < 4.78 is 10.7. The highest BCUT2D eigenvalue weighted by molar-refractivity contribution is 5.47. The largest absolute Gasteiger partial charge is 0.496 e. The molecule has 4 nitrogen and oxygen atoms in total.